The summed E-state index contributed by atoms with van der Waals surface area (Å²) in [6.45, 7) is 3.72. The number of pyridine rings is 1. The second-order valence-corrected chi connectivity index (χ2v) is 7.11. The summed E-state index contributed by atoms with van der Waals surface area (Å²) in [5, 5.41) is 12.7. The van der Waals surface area contributed by atoms with Crippen LogP contribution in [-0.4, -0.2) is 30.2 Å². The van der Waals surface area contributed by atoms with E-state index in [0.29, 0.717) is 12.1 Å². The first-order valence-electron chi connectivity index (χ1n) is 8.07. The maximum Gasteiger partial charge on any atom is 0.345 e. The Morgan fingerprint density at radius 1 is 1.23 bits per heavy atom. The third-order valence-corrected chi connectivity index (χ3v) is 4.64. The smallest absolute Gasteiger partial charge is 0.345 e. The van der Waals surface area contributed by atoms with Crippen LogP contribution in [0.5, 0.6) is 5.75 Å². The SMILES string of the molecule is CCC(N=C1NS(=O)(=O)N=C1Nc1nc(C)ccc1O)c1ccccc1. The highest BCUT2D eigenvalue weighted by atomic mass is 32.2. The van der Waals surface area contributed by atoms with Gasteiger partial charge >= 0.3 is 10.2 Å². The Balaban J connectivity index is 1.95. The Hall–Kier alpha value is -2.94. The first-order valence-corrected chi connectivity index (χ1v) is 9.51. The Bertz CT molecular complexity index is 971. The van der Waals surface area contributed by atoms with Crippen LogP contribution in [0.2, 0.25) is 0 Å². The molecular formula is C17H19N5O3S. The molecule has 0 fully saturated rings. The summed E-state index contributed by atoms with van der Waals surface area (Å²) in [4.78, 5) is 8.67. The minimum Gasteiger partial charge on any atom is -0.504 e. The Kier molecular flexibility index (Phi) is 4.90. The van der Waals surface area contributed by atoms with E-state index in [2.05, 4.69) is 24.4 Å². The molecule has 26 heavy (non-hydrogen) atoms. The monoisotopic (exact) mass is 373 g/mol. The Morgan fingerprint density at radius 3 is 2.65 bits per heavy atom. The third-order valence-electron chi connectivity index (χ3n) is 3.77. The zero-order chi connectivity index (χ0) is 18.7. The van der Waals surface area contributed by atoms with Crippen molar-refractivity contribution in [1.82, 2.24) is 9.71 Å². The second kappa shape index (κ2) is 7.12. The van der Waals surface area contributed by atoms with E-state index in [9.17, 15) is 13.5 Å². The van der Waals surface area contributed by atoms with Gasteiger partial charge < -0.3 is 10.4 Å². The molecule has 9 heteroatoms. The van der Waals surface area contributed by atoms with Gasteiger partial charge in [0.15, 0.2) is 23.2 Å². The van der Waals surface area contributed by atoms with E-state index in [0.717, 1.165) is 5.56 Å². The van der Waals surface area contributed by atoms with Crippen LogP contribution in [0.3, 0.4) is 0 Å². The molecule has 2 heterocycles. The van der Waals surface area contributed by atoms with Crippen LogP contribution in [0.4, 0.5) is 5.82 Å². The average Bonchev–Trinajstić information content (AvgIpc) is 2.90. The van der Waals surface area contributed by atoms with Crippen LogP contribution >= 0.6 is 0 Å². The van der Waals surface area contributed by atoms with Crippen molar-refractivity contribution in [3.05, 3.63) is 53.7 Å². The van der Waals surface area contributed by atoms with Crippen LogP contribution in [0.15, 0.2) is 51.9 Å². The highest BCUT2D eigenvalue weighted by molar-refractivity contribution is 7.89. The lowest BCUT2D eigenvalue weighted by Crippen LogP contribution is -2.31. The molecule has 0 saturated heterocycles. The van der Waals surface area contributed by atoms with E-state index in [-0.39, 0.29) is 29.3 Å². The van der Waals surface area contributed by atoms with Gasteiger partial charge in [-0.25, -0.2) is 9.71 Å². The highest BCUT2D eigenvalue weighted by Crippen LogP contribution is 2.24. The lowest BCUT2D eigenvalue weighted by atomic mass is 10.1. The lowest BCUT2D eigenvalue weighted by molar-refractivity contribution is 0.475. The fraction of sp³-hybridized carbons (Fsp3) is 0.235. The summed E-state index contributed by atoms with van der Waals surface area (Å²) in [7, 11) is -3.89. The number of amidine groups is 2. The fourth-order valence-electron chi connectivity index (χ4n) is 2.51. The topological polar surface area (TPSA) is 116 Å². The van der Waals surface area contributed by atoms with Crippen LogP contribution in [0.1, 0.15) is 30.6 Å². The number of nitrogens with zero attached hydrogens (tertiary/aromatic N) is 3. The number of hydrogen-bond donors (Lipinski definition) is 3. The zero-order valence-electron chi connectivity index (χ0n) is 14.3. The summed E-state index contributed by atoms with van der Waals surface area (Å²) in [5.41, 5.74) is 1.62. The molecule has 0 bridgehead atoms. The van der Waals surface area contributed by atoms with E-state index in [1.54, 1.807) is 13.0 Å². The van der Waals surface area contributed by atoms with Gasteiger partial charge in [-0.2, -0.15) is 8.42 Å². The molecule has 3 rings (SSSR count). The molecule has 1 unspecified atom stereocenters. The molecule has 1 aliphatic heterocycles. The number of aryl methyl sites for hydroxylation is 1. The van der Waals surface area contributed by atoms with Crippen molar-refractivity contribution in [2.45, 2.75) is 26.3 Å². The first kappa shape index (κ1) is 17.9. The normalized spacial score (nSPS) is 18.2. The van der Waals surface area contributed by atoms with Crippen molar-refractivity contribution in [2.24, 2.45) is 9.39 Å². The van der Waals surface area contributed by atoms with E-state index in [1.165, 1.54) is 6.07 Å². The summed E-state index contributed by atoms with van der Waals surface area (Å²) in [6.07, 6.45) is 0.677. The van der Waals surface area contributed by atoms with Gasteiger partial charge in [-0.05, 0) is 31.0 Å². The van der Waals surface area contributed by atoms with Crippen molar-refractivity contribution in [3.63, 3.8) is 0 Å². The summed E-state index contributed by atoms with van der Waals surface area (Å²) >= 11 is 0. The van der Waals surface area contributed by atoms with Crippen LogP contribution in [0.25, 0.3) is 0 Å². The molecule has 0 radical (unpaired) electrons. The molecule has 0 saturated carbocycles. The van der Waals surface area contributed by atoms with E-state index >= 15 is 0 Å². The van der Waals surface area contributed by atoms with Gasteiger partial charge in [0.25, 0.3) is 0 Å². The second-order valence-electron chi connectivity index (χ2n) is 5.77. The number of nitrogens with one attached hydrogen (secondary N) is 2. The molecular weight excluding hydrogens is 354 g/mol. The quantitative estimate of drug-likeness (QED) is 0.760. The molecule has 2 aromatic rings. The largest absolute Gasteiger partial charge is 0.504 e. The lowest BCUT2D eigenvalue weighted by Gasteiger charge is -2.13. The van der Waals surface area contributed by atoms with Gasteiger partial charge in [0.05, 0.1) is 6.04 Å². The predicted octanol–water partition coefficient (Wildman–Crippen LogP) is 2.30. The zero-order valence-corrected chi connectivity index (χ0v) is 15.2. The van der Waals surface area contributed by atoms with Gasteiger partial charge in [-0.3, -0.25) is 4.99 Å². The number of aromatic nitrogens is 1. The number of rotatable bonds is 4. The number of hydrogen-bond acceptors (Lipinski definition) is 6. The minimum absolute atomic E-state index is 0.00668. The first-order chi connectivity index (χ1) is 12.4. The predicted molar refractivity (Wildman–Crippen MR) is 101 cm³/mol. The molecule has 0 aliphatic carbocycles. The highest BCUT2D eigenvalue weighted by Gasteiger charge is 2.28. The maximum atomic E-state index is 11.9. The molecule has 3 N–H and O–H groups in total. The molecule has 1 aromatic heterocycles. The number of aliphatic imine (C=N–C) groups is 1. The van der Waals surface area contributed by atoms with Crippen molar-refractivity contribution in [2.75, 3.05) is 5.32 Å². The Morgan fingerprint density at radius 2 is 1.96 bits per heavy atom. The van der Waals surface area contributed by atoms with Crippen molar-refractivity contribution in [1.29, 1.82) is 0 Å². The average molecular weight is 373 g/mol. The third kappa shape index (κ3) is 3.99. The number of benzene rings is 1. The van der Waals surface area contributed by atoms with Gasteiger partial charge in [-0.15, -0.1) is 4.40 Å². The molecule has 1 atom stereocenters. The van der Waals surface area contributed by atoms with Crippen LogP contribution in [-0.2, 0) is 10.2 Å². The van der Waals surface area contributed by atoms with Crippen LogP contribution < -0.4 is 10.0 Å². The van der Waals surface area contributed by atoms with Gasteiger partial charge in [0.2, 0.25) is 0 Å². The molecule has 0 amide bonds. The van der Waals surface area contributed by atoms with Gasteiger partial charge in [0, 0.05) is 5.69 Å². The Labute approximate surface area is 151 Å². The van der Waals surface area contributed by atoms with Crippen LogP contribution in [0, 0.1) is 6.92 Å². The van der Waals surface area contributed by atoms with E-state index in [1.807, 2.05) is 37.3 Å². The summed E-state index contributed by atoms with van der Waals surface area (Å²) in [5.74, 6) is 0.0800. The fourth-order valence-corrected chi connectivity index (χ4v) is 3.32. The molecule has 136 valence electrons. The summed E-state index contributed by atoms with van der Waals surface area (Å²) in [6, 6.07) is 12.4. The molecule has 0 spiro atoms. The van der Waals surface area contributed by atoms with Gasteiger partial charge in [-0.1, -0.05) is 37.3 Å². The van der Waals surface area contributed by atoms with Gasteiger partial charge in [0.1, 0.15) is 0 Å². The number of aromatic hydroxyl groups is 1. The summed E-state index contributed by atoms with van der Waals surface area (Å²) < 4.78 is 29.7. The maximum absolute atomic E-state index is 11.9. The van der Waals surface area contributed by atoms with E-state index < -0.39 is 10.2 Å². The van der Waals surface area contributed by atoms with E-state index in [4.69, 9.17) is 0 Å². The van der Waals surface area contributed by atoms with Crippen molar-refractivity contribution in [3.8, 4) is 5.75 Å². The standard InChI is InChI=1S/C17H19N5O3S/c1-3-13(12-7-5-4-6-8-12)19-16-17(22-26(24,25)21-16)20-15-14(23)10-9-11(2)18-15/h4-10,13,23H,3H2,1-2H3,(H,19,21)(H,18,20,22). The minimum atomic E-state index is -3.89. The molecule has 1 aromatic carbocycles. The molecule has 8 nitrogen and oxygen atoms in total. The molecule has 1 aliphatic rings. The van der Waals surface area contributed by atoms with Crippen molar-refractivity contribution >= 4 is 27.7 Å². The van der Waals surface area contributed by atoms with Crippen molar-refractivity contribution < 1.29 is 13.5 Å². The number of anilines is 1.